The second kappa shape index (κ2) is 11.0. The summed E-state index contributed by atoms with van der Waals surface area (Å²) in [4.78, 5) is 0. The first-order valence-electron chi connectivity index (χ1n) is 11.5. The predicted molar refractivity (Wildman–Crippen MR) is 125 cm³/mol. The first-order chi connectivity index (χ1) is 16.0. The molecular formula is C28H29F3O2. The standard InChI is InChI=1S/C28H29F3O2/c1-2-3-4-21-17-32-27(33-18-21)14-8-19-6-12-24-23(15-19)11-10-22(28(24)31)9-5-20-7-13-25(29)26(30)16-20/h2,6-7,10-13,15-16,21,27H,1,3-5,8-9,14,17-18H2. The molecule has 5 heteroatoms. The number of aryl methyl sites for hydroxylation is 3. The fourth-order valence-electron chi connectivity index (χ4n) is 4.26. The lowest BCUT2D eigenvalue weighted by atomic mass is 9.98. The molecule has 0 amide bonds. The van der Waals surface area contributed by atoms with Gasteiger partial charge in [0.25, 0.3) is 0 Å². The molecule has 4 rings (SSSR count). The summed E-state index contributed by atoms with van der Waals surface area (Å²) in [5.74, 6) is -1.58. The molecule has 174 valence electrons. The van der Waals surface area contributed by atoms with Gasteiger partial charge in [0, 0.05) is 17.7 Å². The maximum atomic E-state index is 15.1. The summed E-state index contributed by atoms with van der Waals surface area (Å²) in [7, 11) is 0. The Hall–Kier alpha value is -2.63. The average Bonchev–Trinajstić information content (AvgIpc) is 2.83. The third-order valence-electron chi connectivity index (χ3n) is 6.25. The highest BCUT2D eigenvalue weighted by Gasteiger charge is 2.21. The summed E-state index contributed by atoms with van der Waals surface area (Å²) < 4.78 is 53.3. The molecule has 0 spiro atoms. The van der Waals surface area contributed by atoms with Crippen LogP contribution in [0.5, 0.6) is 0 Å². The summed E-state index contributed by atoms with van der Waals surface area (Å²) in [5.41, 5.74) is 2.32. The maximum absolute atomic E-state index is 15.1. The zero-order valence-electron chi connectivity index (χ0n) is 18.7. The Labute approximate surface area is 193 Å². The van der Waals surface area contributed by atoms with Crippen LogP contribution in [-0.4, -0.2) is 19.5 Å². The van der Waals surface area contributed by atoms with E-state index in [-0.39, 0.29) is 12.1 Å². The van der Waals surface area contributed by atoms with Crippen molar-refractivity contribution in [1.82, 2.24) is 0 Å². The maximum Gasteiger partial charge on any atom is 0.159 e. The van der Waals surface area contributed by atoms with Gasteiger partial charge in [-0.05, 0) is 66.3 Å². The van der Waals surface area contributed by atoms with E-state index >= 15 is 4.39 Å². The Morgan fingerprint density at radius 1 is 0.818 bits per heavy atom. The van der Waals surface area contributed by atoms with Crippen molar-refractivity contribution in [1.29, 1.82) is 0 Å². The second-order valence-corrected chi connectivity index (χ2v) is 8.71. The molecule has 0 bridgehead atoms. The lowest BCUT2D eigenvalue weighted by Gasteiger charge is -2.29. The molecule has 0 radical (unpaired) electrons. The first kappa shape index (κ1) is 23.5. The van der Waals surface area contributed by atoms with Gasteiger partial charge in [-0.3, -0.25) is 0 Å². The molecule has 3 aromatic rings. The fraction of sp³-hybridized carbons (Fsp3) is 0.357. The molecule has 0 saturated carbocycles. The minimum absolute atomic E-state index is 0.198. The first-order valence-corrected chi connectivity index (χ1v) is 11.5. The van der Waals surface area contributed by atoms with Gasteiger partial charge in [0.2, 0.25) is 0 Å². The molecule has 1 aliphatic heterocycles. The predicted octanol–water partition coefficient (Wildman–Crippen LogP) is 6.93. The van der Waals surface area contributed by atoms with Gasteiger partial charge in [-0.15, -0.1) is 6.58 Å². The van der Waals surface area contributed by atoms with Crippen LogP contribution in [0.3, 0.4) is 0 Å². The van der Waals surface area contributed by atoms with Gasteiger partial charge < -0.3 is 9.47 Å². The zero-order valence-corrected chi connectivity index (χ0v) is 18.7. The van der Waals surface area contributed by atoms with E-state index in [1.165, 1.54) is 12.1 Å². The molecule has 0 aliphatic carbocycles. The molecule has 3 aromatic carbocycles. The summed E-state index contributed by atoms with van der Waals surface area (Å²) in [6, 6.07) is 13.3. The number of rotatable bonds is 9. The number of hydrogen-bond acceptors (Lipinski definition) is 2. The van der Waals surface area contributed by atoms with Crippen LogP contribution in [0, 0.1) is 23.4 Å². The molecule has 0 atom stereocenters. The number of fused-ring (bicyclic) bond motifs is 1. The second-order valence-electron chi connectivity index (χ2n) is 8.71. The van der Waals surface area contributed by atoms with Crippen molar-refractivity contribution in [3.8, 4) is 0 Å². The van der Waals surface area contributed by atoms with Crippen LogP contribution in [-0.2, 0) is 28.7 Å². The summed E-state index contributed by atoms with van der Waals surface area (Å²) in [5, 5.41) is 1.41. The molecule has 0 aromatic heterocycles. The number of hydrogen-bond donors (Lipinski definition) is 0. The van der Waals surface area contributed by atoms with Crippen LogP contribution in [0.2, 0.25) is 0 Å². The van der Waals surface area contributed by atoms with Gasteiger partial charge in [0.15, 0.2) is 17.9 Å². The summed E-state index contributed by atoms with van der Waals surface area (Å²) in [6.45, 7) is 5.19. The zero-order chi connectivity index (χ0) is 23.2. The van der Waals surface area contributed by atoms with Crippen LogP contribution in [0.25, 0.3) is 10.8 Å². The summed E-state index contributed by atoms with van der Waals surface area (Å²) in [6.07, 6.45) is 6.14. The van der Waals surface area contributed by atoms with Crippen LogP contribution < -0.4 is 0 Å². The van der Waals surface area contributed by atoms with Crippen LogP contribution in [0.15, 0.2) is 61.2 Å². The lowest BCUT2D eigenvalue weighted by molar-refractivity contribution is -0.203. The molecule has 1 heterocycles. The molecule has 1 saturated heterocycles. The topological polar surface area (TPSA) is 18.5 Å². The van der Waals surface area contributed by atoms with Gasteiger partial charge in [0.05, 0.1) is 13.2 Å². The Balaban J connectivity index is 1.34. The third-order valence-corrected chi connectivity index (χ3v) is 6.25. The molecule has 0 N–H and O–H groups in total. The normalized spacial score (nSPS) is 18.5. The highest BCUT2D eigenvalue weighted by molar-refractivity contribution is 5.84. The highest BCUT2D eigenvalue weighted by Crippen LogP contribution is 2.25. The van der Waals surface area contributed by atoms with E-state index in [1.54, 1.807) is 6.07 Å². The van der Waals surface area contributed by atoms with Crippen molar-refractivity contribution in [2.75, 3.05) is 13.2 Å². The largest absolute Gasteiger partial charge is 0.352 e. The van der Waals surface area contributed by atoms with Crippen molar-refractivity contribution >= 4 is 10.8 Å². The van der Waals surface area contributed by atoms with Gasteiger partial charge >= 0.3 is 0 Å². The van der Waals surface area contributed by atoms with Crippen molar-refractivity contribution in [2.45, 2.75) is 44.8 Å². The Bertz CT molecular complexity index is 1100. The van der Waals surface area contributed by atoms with Crippen LogP contribution in [0.1, 0.15) is 36.0 Å². The highest BCUT2D eigenvalue weighted by atomic mass is 19.2. The van der Waals surface area contributed by atoms with Crippen LogP contribution >= 0.6 is 0 Å². The SMILES string of the molecule is C=CCCC1COC(CCc2ccc3c(F)c(CCc4ccc(F)c(F)c4)ccc3c2)OC1. The van der Waals surface area contributed by atoms with E-state index in [0.717, 1.165) is 55.9 Å². The van der Waals surface area contributed by atoms with Crippen molar-refractivity contribution in [2.24, 2.45) is 5.92 Å². The van der Waals surface area contributed by atoms with Crippen molar-refractivity contribution in [3.63, 3.8) is 0 Å². The van der Waals surface area contributed by atoms with Crippen LogP contribution in [0.4, 0.5) is 13.2 Å². The Kier molecular flexibility index (Phi) is 7.84. The monoisotopic (exact) mass is 454 g/mol. The molecule has 0 unspecified atom stereocenters. The minimum Gasteiger partial charge on any atom is -0.352 e. The number of benzene rings is 3. The number of ether oxygens (including phenoxy) is 2. The number of allylic oxidation sites excluding steroid dienone is 1. The molecule has 1 aliphatic rings. The van der Waals surface area contributed by atoms with Gasteiger partial charge in [0.1, 0.15) is 5.82 Å². The molecular weight excluding hydrogens is 425 g/mol. The van der Waals surface area contributed by atoms with Gasteiger partial charge in [-0.2, -0.15) is 0 Å². The van der Waals surface area contributed by atoms with E-state index in [2.05, 4.69) is 6.58 Å². The minimum atomic E-state index is -0.879. The van der Waals surface area contributed by atoms with E-state index in [0.29, 0.717) is 35.3 Å². The fourth-order valence-corrected chi connectivity index (χ4v) is 4.26. The summed E-state index contributed by atoms with van der Waals surface area (Å²) >= 11 is 0. The van der Waals surface area contributed by atoms with E-state index in [9.17, 15) is 8.78 Å². The van der Waals surface area contributed by atoms with Gasteiger partial charge in [-0.25, -0.2) is 13.2 Å². The third kappa shape index (κ3) is 6.04. The average molecular weight is 455 g/mol. The Morgan fingerprint density at radius 2 is 1.58 bits per heavy atom. The quantitative estimate of drug-likeness (QED) is 0.326. The van der Waals surface area contributed by atoms with Gasteiger partial charge in [-0.1, -0.05) is 42.5 Å². The van der Waals surface area contributed by atoms with E-state index in [1.807, 2.05) is 30.3 Å². The number of halogens is 3. The van der Waals surface area contributed by atoms with Crippen molar-refractivity contribution in [3.05, 3.63) is 95.3 Å². The van der Waals surface area contributed by atoms with E-state index in [4.69, 9.17) is 9.47 Å². The molecule has 33 heavy (non-hydrogen) atoms. The smallest absolute Gasteiger partial charge is 0.159 e. The van der Waals surface area contributed by atoms with E-state index < -0.39 is 11.6 Å². The Morgan fingerprint density at radius 3 is 2.33 bits per heavy atom. The van der Waals surface area contributed by atoms with Crippen molar-refractivity contribution < 1.29 is 22.6 Å². The molecule has 1 fully saturated rings. The lowest BCUT2D eigenvalue weighted by Crippen LogP contribution is -2.32. The molecule has 2 nitrogen and oxygen atoms in total.